The molecule has 1 aromatic rings. The van der Waals surface area contributed by atoms with E-state index in [0.29, 0.717) is 6.42 Å². The van der Waals surface area contributed by atoms with Gasteiger partial charge in [-0.2, -0.15) is 0 Å². The zero-order chi connectivity index (χ0) is 22.1. The number of nitrogens with zero attached hydrogens (tertiary/aromatic N) is 2. The quantitative estimate of drug-likeness (QED) is 0.252. The fourth-order valence-corrected chi connectivity index (χ4v) is 3.85. The molecule has 0 saturated carbocycles. The van der Waals surface area contributed by atoms with Crippen molar-refractivity contribution in [2.45, 2.75) is 37.6 Å². The van der Waals surface area contributed by atoms with E-state index in [1.165, 1.54) is 12.1 Å². The first kappa shape index (κ1) is 20.9. The third kappa shape index (κ3) is 3.47. The van der Waals surface area contributed by atoms with E-state index in [9.17, 15) is 34.1 Å². The molecule has 0 spiro atoms. The molecule has 2 aliphatic heterocycles. The van der Waals surface area contributed by atoms with E-state index in [1.54, 1.807) is 0 Å². The lowest BCUT2D eigenvalue weighted by atomic mass is 9.82. The Labute approximate surface area is 169 Å². The van der Waals surface area contributed by atoms with E-state index in [1.807, 2.05) is 0 Å². The average molecular weight is 418 g/mol. The molecule has 30 heavy (non-hydrogen) atoms. The van der Waals surface area contributed by atoms with Crippen molar-refractivity contribution >= 4 is 35.4 Å². The number of imide groups is 2. The highest BCUT2D eigenvalue weighted by atomic mass is 16.6. The van der Waals surface area contributed by atoms with Crippen LogP contribution in [-0.2, 0) is 9.59 Å². The number of nitro benzene ring substituents is 1. The number of nitro groups is 1. The smallest absolute Gasteiger partial charge is 0.404 e. The van der Waals surface area contributed by atoms with Crippen molar-refractivity contribution in [3.05, 3.63) is 39.4 Å². The van der Waals surface area contributed by atoms with Gasteiger partial charge in [0.2, 0.25) is 5.91 Å². The van der Waals surface area contributed by atoms with Crippen molar-refractivity contribution in [2.24, 2.45) is 0 Å². The molecule has 1 fully saturated rings. The molecule has 1 saturated heterocycles. The molecule has 0 aromatic heterocycles. The van der Waals surface area contributed by atoms with Crippen LogP contribution in [-0.4, -0.2) is 56.7 Å². The van der Waals surface area contributed by atoms with Crippen molar-refractivity contribution < 1.29 is 34.0 Å². The number of carbonyl (C=O) groups excluding carboxylic acids is 4. The van der Waals surface area contributed by atoms with E-state index < -0.39 is 45.9 Å². The highest BCUT2D eigenvalue weighted by molar-refractivity contribution is 6.25. The van der Waals surface area contributed by atoms with Gasteiger partial charge in [0, 0.05) is 19.0 Å². The zero-order valence-corrected chi connectivity index (χ0v) is 15.7. The molecule has 2 heterocycles. The monoisotopic (exact) mass is 418 g/mol. The second-order valence-corrected chi connectivity index (χ2v) is 7.00. The molecule has 12 nitrogen and oxygen atoms in total. The minimum absolute atomic E-state index is 0.0212. The summed E-state index contributed by atoms with van der Waals surface area (Å²) in [6.07, 6.45) is -0.890. The molecule has 2 aliphatic rings. The number of carboxylic acid groups (broad SMARTS) is 1. The number of piperidine rings is 1. The number of benzene rings is 1. The van der Waals surface area contributed by atoms with Gasteiger partial charge >= 0.3 is 6.09 Å². The SMILES string of the molecule is O=C(O)NCCCCC1(N2C(=O)c3cccc([N+](=O)[O-])c3C2=O)CCC(=O)NC1=O. The number of hydrogen-bond acceptors (Lipinski definition) is 7. The van der Waals surface area contributed by atoms with E-state index in [4.69, 9.17) is 5.11 Å². The summed E-state index contributed by atoms with van der Waals surface area (Å²) in [5, 5.41) is 24.3. The van der Waals surface area contributed by atoms with Crippen LogP contribution in [0.2, 0.25) is 0 Å². The van der Waals surface area contributed by atoms with Crippen LogP contribution in [0.1, 0.15) is 52.8 Å². The van der Waals surface area contributed by atoms with Crippen LogP contribution in [0.4, 0.5) is 10.5 Å². The Morgan fingerprint density at radius 2 is 1.97 bits per heavy atom. The predicted octanol–water partition coefficient (Wildman–Crippen LogP) is 0.804. The van der Waals surface area contributed by atoms with Crippen molar-refractivity contribution in [3.63, 3.8) is 0 Å². The Morgan fingerprint density at radius 3 is 2.60 bits per heavy atom. The van der Waals surface area contributed by atoms with E-state index in [2.05, 4.69) is 10.6 Å². The Kier molecular flexibility index (Phi) is 5.49. The maximum Gasteiger partial charge on any atom is 0.404 e. The Bertz CT molecular complexity index is 975. The molecular weight excluding hydrogens is 400 g/mol. The molecule has 3 N–H and O–H groups in total. The summed E-state index contributed by atoms with van der Waals surface area (Å²) in [6, 6.07) is 3.65. The summed E-state index contributed by atoms with van der Waals surface area (Å²) in [5.74, 6) is -3.19. The highest BCUT2D eigenvalue weighted by Gasteiger charge is 2.56. The third-order valence-electron chi connectivity index (χ3n) is 5.25. The molecule has 0 bridgehead atoms. The van der Waals surface area contributed by atoms with Gasteiger partial charge in [0.05, 0.1) is 10.5 Å². The summed E-state index contributed by atoms with van der Waals surface area (Å²) in [4.78, 5) is 72.4. The van der Waals surface area contributed by atoms with E-state index >= 15 is 0 Å². The molecule has 1 unspecified atom stereocenters. The molecule has 0 radical (unpaired) electrons. The topological polar surface area (TPSA) is 176 Å². The number of amides is 5. The average Bonchev–Trinajstić information content (AvgIpc) is 2.94. The predicted molar refractivity (Wildman–Crippen MR) is 98.6 cm³/mol. The lowest BCUT2D eigenvalue weighted by Crippen LogP contribution is -2.64. The van der Waals surface area contributed by atoms with Crippen LogP contribution in [0.3, 0.4) is 0 Å². The van der Waals surface area contributed by atoms with E-state index in [0.717, 1.165) is 11.0 Å². The van der Waals surface area contributed by atoms with Gasteiger partial charge in [-0.05, 0) is 31.7 Å². The summed E-state index contributed by atoms with van der Waals surface area (Å²) < 4.78 is 0. The van der Waals surface area contributed by atoms with Crippen LogP contribution in [0.15, 0.2) is 18.2 Å². The lowest BCUT2D eigenvalue weighted by Gasteiger charge is -2.41. The highest BCUT2D eigenvalue weighted by Crippen LogP contribution is 2.40. The van der Waals surface area contributed by atoms with Gasteiger partial charge in [-0.15, -0.1) is 0 Å². The Morgan fingerprint density at radius 1 is 1.23 bits per heavy atom. The fraction of sp³-hybridized carbons (Fsp3) is 0.389. The van der Waals surface area contributed by atoms with Crippen molar-refractivity contribution in [3.8, 4) is 0 Å². The van der Waals surface area contributed by atoms with Crippen LogP contribution in [0.5, 0.6) is 0 Å². The van der Waals surface area contributed by atoms with Gasteiger partial charge in [0.25, 0.3) is 23.4 Å². The van der Waals surface area contributed by atoms with Gasteiger partial charge in [0.1, 0.15) is 11.1 Å². The Hall–Kier alpha value is -3.83. The minimum Gasteiger partial charge on any atom is -0.465 e. The second-order valence-electron chi connectivity index (χ2n) is 7.00. The summed E-state index contributed by atoms with van der Waals surface area (Å²) in [6.45, 7) is 0.0968. The number of carbonyl (C=O) groups is 5. The second kappa shape index (κ2) is 7.89. The first-order chi connectivity index (χ1) is 14.2. The number of unbranched alkanes of at least 4 members (excludes halogenated alkanes) is 1. The van der Waals surface area contributed by atoms with Crippen LogP contribution in [0, 0.1) is 10.1 Å². The standard InChI is InChI=1S/C18H18N4O8/c23-12-6-8-18(16(26)20-12,7-1-2-9-19-17(27)28)21-14(24)10-4-3-5-11(22(29)30)13(10)15(21)25/h3-5,19H,1-2,6-9H2,(H,27,28)(H,20,23,26). The molecule has 158 valence electrons. The number of hydrogen-bond donors (Lipinski definition) is 3. The van der Waals surface area contributed by atoms with Crippen molar-refractivity contribution in [1.82, 2.24) is 15.5 Å². The summed E-state index contributed by atoms with van der Waals surface area (Å²) >= 11 is 0. The molecule has 0 aliphatic carbocycles. The van der Waals surface area contributed by atoms with Crippen molar-refractivity contribution in [2.75, 3.05) is 6.54 Å². The van der Waals surface area contributed by atoms with Crippen LogP contribution >= 0.6 is 0 Å². The first-order valence-corrected chi connectivity index (χ1v) is 9.16. The maximum absolute atomic E-state index is 13.1. The van der Waals surface area contributed by atoms with Gasteiger partial charge in [-0.3, -0.25) is 39.5 Å². The largest absolute Gasteiger partial charge is 0.465 e. The molecule has 1 atom stereocenters. The minimum atomic E-state index is -1.70. The summed E-state index contributed by atoms with van der Waals surface area (Å²) in [5.41, 5.74) is -2.80. The molecule has 5 amide bonds. The molecule has 12 heteroatoms. The molecular formula is C18H18N4O8. The van der Waals surface area contributed by atoms with Crippen LogP contribution < -0.4 is 10.6 Å². The van der Waals surface area contributed by atoms with Gasteiger partial charge < -0.3 is 10.4 Å². The fourth-order valence-electron chi connectivity index (χ4n) is 3.85. The van der Waals surface area contributed by atoms with Gasteiger partial charge in [0.15, 0.2) is 0 Å². The normalized spacial score (nSPS) is 20.7. The summed E-state index contributed by atoms with van der Waals surface area (Å²) in [7, 11) is 0. The third-order valence-corrected chi connectivity index (χ3v) is 5.25. The molecule has 3 rings (SSSR count). The first-order valence-electron chi connectivity index (χ1n) is 9.16. The maximum atomic E-state index is 13.1. The lowest BCUT2D eigenvalue weighted by molar-refractivity contribution is -0.385. The van der Waals surface area contributed by atoms with E-state index in [-0.39, 0.29) is 43.4 Å². The number of nitrogens with one attached hydrogen (secondary N) is 2. The van der Waals surface area contributed by atoms with Gasteiger partial charge in [-0.25, -0.2) is 4.79 Å². The number of fused-ring (bicyclic) bond motifs is 1. The van der Waals surface area contributed by atoms with Crippen molar-refractivity contribution in [1.29, 1.82) is 0 Å². The molecule has 1 aromatic carbocycles. The number of rotatable bonds is 7. The van der Waals surface area contributed by atoms with Gasteiger partial charge in [-0.1, -0.05) is 6.07 Å². The zero-order valence-electron chi connectivity index (χ0n) is 15.7. The van der Waals surface area contributed by atoms with Crippen LogP contribution in [0.25, 0.3) is 0 Å². The Balaban J connectivity index is 1.95.